The van der Waals surface area contributed by atoms with Gasteiger partial charge in [-0.25, -0.2) is 4.79 Å². The van der Waals surface area contributed by atoms with E-state index in [9.17, 15) is 9.00 Å². The molecule has 0 aliphatic heterocycles. The monoisotopic (exact) mass is 356 g/mol. The van der Waals surface area contributed by atoms with Gasteiger partial charge in [0, 0.05) is 21.6 Å². The molecule has 5 nitrogen and oxygen atoms in total. The van der Waals surface area contributed by atoms with Crippen LogP contribution in [0.1, 0.15) is 29.2 Å². The van der Waals surface area contributed by atoms with Crippen molar-refractivity contribution >= 4 is 28.4 Å². The standard InChI is InChI=1S/C16H17ClO5S/c17-12-3-5-13(6-4-12)21-9-1-2-10-23(20)11-14-7-8-15(22-14)16(18)19/h3-8H,1-2,9-11H2,(H,18,19). The van der Waals surface area contributed by atoms with Gasteiger partial charge in [-0.1, -0.05) is 11.6 Å². The number of unbranched alkanes of at least 4 members (excludes halogenated alkanes) is 1. The Kier molecular flexibility index (Phi) is 6.67. The molecule has 0 bridgehead atoms. The summed E-state index contributed by atoms with van der Waals surface area (Å²) in [7, 11) is -1.08. The molecule has 0 saturated carbocycles. The fraction of sp³-hybridized carbons (Fsp3) is 0.312. The van der Waals surface area contributed by atoms with E-state index in [0.29, 0.717) is 23.1 Å². The summed E-state index contributed by atoms with van der Waals surface area (Å²) in [5, 5.41) is 9.41. The predicted molar refractivity (Wildman–Crippen MR) is 88.6 cm³/mol. The van der Waals surface area contributed by atoms with Crippen molar-refractivity contribution < 1.29 is 23.3 Å². The molecule has 23 heavy (non-hydrogen) atoms. The second-order valence-electron chi connectivity index (χ2n) is 4.87. The predicted octanol–water partition coefficient (Wildman–Crippen LogP) is 3.74. The minimum absolute atomic E-state index is 0.131. The summed E-state index contributed by atoms with van der Waals surface area (Å²) >= 11 is 5.79. The normalized spacial score (nSPS) is 12.0. The molecule has 0 amide bonds. The van der Waals surface area contributed by atoms with Crippen molar-refractivity contribution in [3.8, 4) is 5.75 Å². The van der Waals surface area contributed by atoms with Crippen molar-refractivity contribution in [3.63, 3.8) is 0 Å². The van der Waals surface area contributed by atoms with Gasteiger partial charge in [0.1, 0.15) is 11.5 Å². The van der Waals surface area contributed by atoms with E-state index < -0.39 is 16.8 Å². The second-order valence-corrected chi connectivity index (χ2v) is 6.88. The third kappa shape index (κ3) is 6.08. The van der Waals surface area contributed by atoms with E-state index in [1.165, 1.54) is 6.07 Å². The van der Waals surface area contributed by atoms with Crippen LogP contribution in [0.15, 0.2) is 40.8 Å². The zero-order chi connectivity index (χ0) is 16.7. The number of benzene rings is 1. The van der Waals surface area contributed by atoms with Crippen molar-refractivity contribution in [2.24, 2.45) is 0 Å². The Hall–Kier alpha value is -1.79. The fourth-order valence-electron chi connectivity index (χ4n) is 1.89. The van der Waals surface area contributed by atoms with Crippen LogP contribution in [0.5, 0.6) is 5.75 Å². The van der Waals surface area contributed by atoms with Crippen LogP contribution in [0.2, 0.25) is 5.02 Å². The number of ether oxygens (including phenoxy) is 1. The molecule has 124 valence electrons. The van der Waals surface area contributed by atoms with Crippen LogP contribution < -0.4 is 4.74 Å². The number of aromatic carboxylic acids is 1. The maximum atomic E-state index is 11.9. The lowest BCUT2D eigenvalue weighted by Crippen LogP contribution is -2.04. The lowest BCUT2D eigenvalue weighted by molar-refractivity contribution is 0.0660. The maximum absolute atomic E-state index is 11.9. The topological polar surface area (TPSA) is 76.7 Å². The van der Waals surface area contributed by atoms with Crippen molar-refractivity contribution in [1.29, 1.82) is 0 Å². The molecule has 0 fully saturated rings. The highest BCUT2D eigenvalue weighted by molar-refractivity contribution is 7.84. The average Bonchev–Trinajstić information content (AvgIpc) is 2.97. The lowest BCUT2D eigenvalue weighted by atomic mass is 10.3. The van der Waals surface area contributed by atoms with Crippen molar-refractivity contribution in [2.75, 3.05) is 12.4 Å². The molecule has 0 saturated heterocycles. The summed E-state index contributed by atoms with van der Waals surface area (Å²) in [6.45, 7) is 0.544. The van der Waals surface area contributed by atoms with Crippen LogP contribution in [-0.2, 0) is 16.6 Å². The molecule has 2 aromatic rings. The molecule has 0 aliphatic carbocycles. The van der Waals surface area contributed by atoms with E-state index in [4.69, 9.17) is 25.9 Å². The fourth-order valence-corrected chi connectivity index (χ4v) is 3.16. The van der Waals surface area contributed by atoms with Gasteiger partial charge in [-0.05, 0) is 49.2 Å². The first-order valence-corrected chi connectivity index (χ1v) is 8.96. The van der Waals surface area contributed by atoms with E-state index in [1.807, 2.05) is 0 Å². The van der Waals surface area contributed by atoms with Crippen LogP contribution in [0, 0.1) is 0 Å². The molecular formula is C16H17ClO5S. The molecule has 0 spiro atoms. The number of furan rings is 1. The number of halogens is 1. The zero-order valence-electron chi connectivity index (χ0n) is 12.4. The highest BCUT2D eigenvalue weighted by Crippen LogP contribution is 2.16. The van der Waals surface area contributed by atoms with Crippen molar-refractivity contribution in [2.45, 2.75) is 18.6 Å². The van der Waals surface area contributed by atoms with E-state index in [1.54, 1.807) is 30.3 Å². The summed E-state index contributed by atoms with van der Waals surface area (Å²) < 4.78 is 22.5. The molecule has 1 unspecified atom stereocenters. The molecule has 1 atom stereocenters. The Labute approximate surface area is 141 Å². The Balaban J connectivity index is 1.62. The number of hydrogen-bond donors (Lipinski definition) is 1. The summed E-state index contributed by atoms with van der Waals surface area (Å²) in [6, 6.07) is 10.1. The van der Waals surface area contributed by atoms with Crippen molar-refractivity contribution in [3.05, 3.63) is 52.9 Å². The number of carbonyl (C=O) groups is 1. The highest BCUT2D eigenvalue weighted by atomic mass is 35.5. The van der Waals surface area contributed by atoms with E-state index in [0.717, 1.165) is 18.6 Å². The van der Waals surface area contributed by atoms with Gasteiger partial charge in [-0.3, -0.25) is 4.21 Å². The molecule has 1 aromatic carbocycles. The number of rotatable bonds is 9. The van der Waals surface area contributed by atoms with Gasteiger partial charge >= 0.3 is 5.97 Å². The van der Waals surface area contributed by atoms with Gasteiger partial charge in [0.15, 0.2) is 0 Å². The van der Waals surface area contributed by atoms with E-state index in [-0.39, 0.29) is 11.5 Å². The molecule has 2 rings (SSSR count). The summed E-state index contributed by atoms with van der Waals surface area (Å²) in [5.41, 5.74) is 0. The molecule has 0 aliphatic rings. The Morgan fingerprint density at radius 1 is 1.17 bits per heavy atom. The lowest BCUT2D eigenvalue weighted by Gasteiger charge is -2.06. The summed E-state index contributed by atoms with van der Waals surface area (Å²) in [6.07, 6.45) is 1.54. The van der Waals surface area contributed by atoms with E-state index >= 15 is 0 Å². The van der Waals surface area contributed by atoms with Gasteiger partial charge in [0.25, 0.3) is 0 Å². The number of carboxylic acid groups (broad SMARTS) is 1. The quantitative estimate of drug-likeness (QED) is 0.692. The van der Waals surface area contributed by atoms with Gasteiger partial charge in [-0.2, -0.15) is 0 Å². The van der Waals surface area contributed by atoms with Crippen LogP contribution in [0.25, 0.3) is 0 Å². The third-order valence-corrected chi connectivity index (χ3v) is 4.63. The van der Waals surface area contributed by atoms with Gasteiger partial charge in [0.2, 0.25) is 5.76 Å². The highest BCUT2D eigenvalue weighted by Gasteiger charge is 2.11. The molecule has 1 heterocycles. The average molecular weight is 357 g/mol. The SMILES string of the molecule is O=C(O)c1ccc(CS(=O)CCCCOc2ccc(Cl)cc2)o1. The third-order valence-electron chi connectivity index (χ3n) is 3.02. The molecular weight excluding hydrogens is 340 g/mol. The number of hydrogen-bond acceptors (Lipinski definition) is 4. The Bertz CT molecular complexity index is 665. The van der Waals surface area contributed by atoms with E-state index in [2.05, 4.69) is 0 Å². The molecule has 1 aromatic heterocycles. The Morgan fingerprint density at radius 3 is 2.57 bits per heavy atom. The molecule has 1 N–H and O–H groups in total. The van der Waals surface area contributed by atoms with Crippen LogP contribution >= 0.6 is 11.6 Å². The van der Waals surface area contributed by atoms with Gasteiger partial charge in [-0.15, -0.1) is 0 Å². The first kappa shape index (κ1) is 17.6. The second kappa shape index (κ2) is 8.74. The summed E-state index contributed by atoms with van der Waals surface area (Å²) in [5.74, 6) is 0.679. The van der Waals surface area contributed by atoms with Crippen LogP contribution in [0.4, 0.5) is 0 Å². The Morgan fingerprint density at radius 2 is 1.91 bits per heavy atom. The molecule has 0 radical (unpaired) electrons. The first-order valence-electron chi connectivity index (χ1n) is 7.10. The van der Waals surface area contributed by atoms with Crippen LogP contribution in [-0.4, -0.2) is 27.6 Å². The number of carboxylic acids is 1. The minimum atomic E-state index is -1.12. The largest absolute Gasteiger partial charge is 0.494 e. The van der Waals surface area contributed by atoms with Crippen molar-refractivity contribution in [1.82, 2.24) is 0 Å². The zero-order valence-corrected chi connectivity index (χ0v) is 13.9. The summed E-state index contributed by atoms with van der Waals surface area (Å²) in [4.78, 5) is 10.7. The maximum Gasteiger partial charge on any atom is 0.371 e. The van der Waals surface area contributed by atoms with Gasteiger partial charge in [0.05, 0.1) is 12.4 Å². The smallest absolute Gasteiger partial charge is 0.371 e. The van der Waals surface area contributed by atoms with Gasteiger partial charge < -0.3 is 14.3 Å². The minimum Gasteiger partial charge on any atom is -0.494 e. The molecule has 7 heteroatoms. The van der Waals surface area contributed by atoms with Crippen LogP contribution in [0.3, 0.4) is 0 Å². The first-order chi connectivity index (χ1) is 11.0.